The Hall–Kier alpha value is -3.33. The Bertz CT molecular complexity index is 969. The topological polar surface area (TPSA) is 39.9 Å². The summed E-state index contributed by atoms with van der Waals surface area (Å²) in [5.41, 5.74) is 5.71. The number of aromatic nitrogens is 2. The van der Waals surface area contributed by atoms with Crippen LogP contribution in [0.4, 0.5) is 0 Å². The van der Waals surface area contributed by atoms with Gasteiger partial charge in [0.15, 0.2) is 0 Å². The van der Waals surface area contributed by atoms with Crippen LogP contribution in [0.3, 0.4) is 0 Å². The largest absolute Gasteiger partial charge is 2.00 e. The van der Waals surface area contributed by atoms with Crippen LogP contribution in [0, 0.1) is 0 Å². The fourth-order valence-corrected chi connectivity index (χ4v) is 2.88. The van der Waals surface area contributed by atoms with Crippen LogP contribution >= 0.6 is 0 Å². The van der Waals surface area contributed by atoms with E-state index in [-0.39, 0.29) is 17.1 Å². The van der Waals surface area contributed by atoms with E-state index in [1.54, 1.807) is 12.4 Å². The molecule has 0 bridgehead atoms. The van der Waals surface area contributed by atoms with Gasteiger partial charge in [0, 0.05) is 23.8 Å². The van der Waals surface area contributed by atoms with Crippen molar-refractivity contribution < 1.29 is 17.1 Å². The predicted molar refractivity (Wildman–Crippen MR) is 115 cm³/mol. The van der Waals surface area contributed by atoms with Gasteiger partial charge in [-0.2, -0.15) is 18.2 Å². The summed E-state index contributed by atoms with van der Waals surface area (Å²) in [7, 11) is 0. The molecular formula is C25H19FeN3. The maximum Gasteiger partial charge on any atom is 2.00 e. The van der Waals surface area contributed by atoms with Gasteiger partial charge in [-0.15, -0.1) is 11.4 Å². The molecule has 0 radical (unpaired) electrons. The molecule has 142 valence electrons. The van der Waals surface area contributed by atoms with Crippen molar-refractivity contribution in [3.05, 3.63) is 143 Å². The van der Waals surface area contributed by atoms with Gasteiger partial charge < -0.3 is 5.32 Å². The summed E-state index contributed by atoms with van der Waals surface area (Å²) in [6, 6.07) is 21.7. The number of hydrogen-bond acceptors (Lipinski definition) is 2. The molecule has 1 aliphatic heterocycles. The fourth-order valence-electron chi connectivity index (χ4n) is 2.88. The van der Waals surface area contributed by atoms with Crippen LogP contribution in [0.1, 0.15) is 11.4 Å². The van der Waals surface area contributed by atoms with E-state index in [9.17, 15) is 0 Å². The first-order valence-electron chi connectivity index (χ1n) is 9.14. The van der Waals surface area contributed by atoms with E-state index in [0.717, 1.165) is 28.4 Å². The summed E-state index contributed by atoms with van der Waals surface area (Å²) >= 11 is 0. The fraction of sp³-hybridized carbons (Fsp3) is 0. The van der Waals surface area contributed by atoms with E-state index >= 15 is 0 Å². The van der Waals surface area contributed by atoms with Crippen molar-refractivity contribution in [1.29, 1.82) is 0 Å². The summed E-state index contributed by atoms with van der Waals surface area (Å²) in [5.74, 6) is 0. The number of nitrogens with zero attached hydrogens (tertiary/aromatic N) is 3. The minimum atomic E-state index is 0. The molecule has 1 aromatic carbocycles. The second-order valence-electron chi connectivity index (χ2n) is 6.19. The number of rotatable bonds is 2. The van der Waals surface area contributed by atoms with Gasteiger partial charge in [-0.3, -0.25) is 9.97 Å². The molecule has 0 fully saturated rings. The average molecular weight is 417 g/mol. The molecule has 3 aromatic rings. The molecule has 3 heterocycles. The zero-order valence-corrected chi connectivity index (χ0v) is 16.8. The average Bonchev–Trinajstić information content (AvgIpc) is 3.52. The van der Waals surface area contributed by atoms with Crippen molar-refractivity contribution >= 4 is 11.4 Å². The van der Waals surface area contributed by atoms with E-state index in [1.807, 2.05) is 78.9 Å². The third-order valence-electron chi connectivity index (χ3n) is 4.23. The van der Waals surface area contributed by atoms with Gasteiger partial charge in [-0.1, -0.05) is 48.6 Å². The molecule has 2 aromatic heterocycles. The SMILES string of the molecule is C1=CC(=C2C=C(c3ccccn3)[N-]C(c3ccccn3)=C2)C=C1.[Fe+2].c1cc[cH-]c1. The standard InChI is InChI=1S/C20H14N3.C5H5.Fe/c1-2-8-15(7-1)16-13-19(17-9-3-5-11-21-17)23-20(14-16)18-10-4-6-12-22-18;1-2-4-5-3-1;/h1-14H;1-5H;/q2*-1;+2. The molecular weight excluding hydrogens is 398 g/mol. The maximum atomic E-state index is 4.76. The van der Waals surface area contributed by atoms with Gasteiger partial charge in [0.05, 0.1) is 0 Å². The quantitative estimate of drug-likeness (QED) is 0.375. The monoisotopic (exact) mass is 417 g/mol. The van der Waals surface area contributed by atoms with Gasteiger partial charge in [0.25, 0.3) is 0 Å². The predicted octanol–water partition coefficient (Wildman–Crippen LogP) is 6.07. The summed E-state index contributed by atoms with van der Waals surface area (Å²) in [5, 5.41) is 4.76. The molecule has 0 unspecified atom stereocenters. The van der Waals surface area contributed by atoms with Gasteiger partial charge in [0.1, 0.15) is 0 Å². The third-order valence-corrected chi connectivity index (χ3v) is 4.23. The normalized spacial score (nSPS) is 14.2. The molecule has 4 heteroatoms. The molecule has 3 nitrogen and oxygen atoms in total. The first-order valence-corrected chi connectivity index (χ1v) is 9.14. The Morgan fingerprint density at radius 2 is 1.21 bits per heavy atom. The van der Waals surface area contributed by atoms with E-state index in [2.05, 4.69) is 34.3 Å². The molecule has 1 aliphatic carbocycles. The van der Waals surface area contributed by atoms with E-state index in [1.165, 1.54) is 5.57 Å². The minimum Gasteiger partial charge on any atom is -0.654 e. The Morgan fingerprint density at radius 3 is 1.62 bits per heavy atom. The number of allylic oxidation sites excluding steroid dienone is 8. The van der Waals surface area contributed by atoms with Crippen molar-refractivity contribution in [1.82, 2.24) is 9.97 Å². The molecule has 0 amide bonds. The van der Waals surface area contributed by atoms with Crippen LogP contribution in [0.25, 0.3) is 16.7 Å². The summed E-state index contributed by atoms with van der Waals surface area (Å²) in [6.45, 7) is 0. The van der Waals surface area contributed by atoms with Crippen LogP contribution in [-0.2, 0) is 17.1 Å². The van der Waals surface area contributed by atoms with Crippen LogP contribution in [0.5, 0.6) is 0 Å². The summed E-state index contributed by atoms with van der Waals surface area (Å²) < 4.78 is 0. The first kappa shape index (κ1) is 20.4. The van der Waals surface area contributed by atoms with Crippen molar-refractivity contribution in [2.45, 2.75) is 0 Å². The zero-order valence-electron chi connectivity index (χ0n) is 15.7. The van der Waals surface area contributed by atoms with E-state index in [4.69, 9.17) is 5.32 Å². The second kappa shape index (κ2) is 10.3. The molecule has 0 saturated heterocycles. The molecule has 29 heavy (non-hydrogen) atoms. The Labute approximate surface area is 181 Å². The maximum absolute atomic E-state index is 4.76. The van der Waals surface area contributed by atoms with Crippen LogP contribution in [0.2, 0.25) is 0 Å². The Kier molecular flexibility index (Phi) is 7.23. The second-order valence-corrected chi connectivity index (χ2v) is 6.19. The minimum absolute atomic E-state index is 0. The summed E-state index contributed by atoms with van der Waals surface area (Å²) in [6.07, 6.45) is 16.0. The van der Waals surface area contributed by atoms with Crippen LogP contribution < -0.4 is 0 Å². The third kappa shape index (κ3) is 5.35. The Balaban J connectivity index is 0.000000352. The van der Waals surface area contributed by atoms with Gasteiger partial charge >= 0.3 is 17.1 Å². The molecule has 2 aliphatic rings. The summed E-state index contributed by atoms with van der Waals surface area (Å²) in [4.78, 5) is 8.85. The van der Waals surface area contributed by atoms with Crippen molar-refractivity contribution in [3.63, 3.8) is 0 Å². The number of hydrogen-bond donors (Lipinski definition) is 0. The van der Waals surface area contributed by atoms with E-state index < -0.39 is 0 Å². The van der Waals surface area contributed by atoms with E-state index in [0.29, 0.717) is 0 Å². The first-order chi connectivity index (χ1) is 13.9. The molecule has 0 atom stereocenters. The van der Waals surface area contributed by atoms with Crippen molar-refractivity contribution in [2.75, 3.05) is 0 Å². The zero-order chi connectivity index (χ0) is 19.0. The van der Waals surface area contributed by atoms with Crippen LogP contribution in [0.15, 0.2) is 127 Å². The van der Waals surface area contributed by atoms with Gasteiger partial charge in [-0.25, -0.2) is 12.1 Å². The van der Waals surface area contributed by atoms with Gasteiger partial charge in [0.2, 0.25) is 0 Å². The molecule has 5 rings (SSSR count). The Morgan fingerprint density at radius 1 is 0.655 bits per heavy atom. The smallest absolute Gasteiger partial charge is 0.654 e. The van der Waals surface area contributed by atoms with Crippen molar-refractivity contribution in [2.24, 2.45) is 0 Å². The molecule has 0 N–H and O–H groups in total. The van der Waals surface area contributed by atoms with Crippen molar-refractivity contribution in [3.8, 4) is 0 Å². The number of pyridine rings is 2. The van der Waals surface area contributed by atoms with Crippen LogP contribution in [-0.4, -0.2) is 9.97 Å². The molecule has 0 saturated carbocycles. The van der Waals surface area contributed by atoms with Gasteiger partial charge in [-0.05, 0) is 35.4 Å². The molecule has 0 spiro atoms.